The van der Waals surface area contributed by atoms with Crippen LogP contribution >= 0.6 is 0 Å². The summed E-state index contributed by atoms with van der Waals surface area (Å²) in [6.45, 7) is 8.89. The molecule has 3 aromatic rings. The zero-order valence-electron chi connectivity index (χ0n) is 19.3. The number of nitrogens with one attached hydrogen (secondary N) is 1. The molecule has 0 spiro atoms. The second kappa shape index (κ2) is 9.87. The van der Waals surface area contributed by atoms with Crippen LogP contribution in [-0.2, 0) is 28.4 Å². The highest BCUT2D eigenvalue weighted by Gasteiger charge is 2.31. The molecule has 0 radical (unpaired) electrons. The van der Waals surface area contributed by atoms with E-state index in [0.717, 1.165) is 5.69 Å². The number of rotatable bonds is 10. The third-order valence-electron chi connectivity index (χ3n) is 5.20. The molecule has 0 fully saturated rings. The van der Waals surface area contributed by atoms with Gasteiger partial charge in [0.2, 0.25) is 15.9 Å². The number of carbonyl (C=O) groups excluding carboxylic acids is 1. The Morgan fingerprint density at radius 1 is 1.19 bits per heavy atom. The Labute approximate surface area is 189 Å². The van der Waals surface area contributed by atoms with E-state index in [4.69, 9.17) is 4.42 Å². The molecule has 0 unspecified atom stereocenters. The molecule has 9 heteroatoms. The van der Waals surface area contributed by atoms with Crippen molar-refractivity contribution in [1.29, 1.82) is 0 Å². The largest absolute Gasteiger partial charge is 0.464 e. The van der Waals surface area contributed by atoms with Crippen LogP contribution in [0.25, 0.3) is 11.0 Å². The summed E-state index contributed by atoms with van der Waals surface area (Å²) in [6, 6.07) is 5.51. The number of carbonyl (C=O) groups is 1. The molecular formula is C23H32N4O4S. The molecule has 1 atom stereocenters. The second-order valence-electron chi connectivity index (χ2n) is 9.03. The van der Waals surface area contributed by atoms with Crippen molar-refractivity contribution < 1.29 is 17.6 Å². The first-order chi connectivity index (χ1) is 15.1. The van der Waals surface area contributed by atoms with E-state index in [-0.39, 0.29) is 22.6 Å². The van der Waals surface area contributed by atoms with Gasteiger partial charge in [-0.25, -0.2) is 13.4 Å². The number of amides is 1. The van der Waals surface area contributed by atoms with Gasteiger partial charge in [0.1, 0.15) is 11.6 Å². The number of imidazole rings is 1. The number of hydrogen-bond donors (Lipinski definition) is 1. The fourth-order valence-electron chi connectivity index (χ4n) is 3.66. The minimum Gasteiger partial charge on any atom is -0.464 e. The number of hydrogen-bond acceptors (Lipinski definition) is 5. The smallest absolute Gasteiger partial charge is 0.241 e. The van der Waals surface area contributed by atoms with E-state index in [1.807, 2.05) is 39.3 Å². The zero-order chi connectivity index (χ0) is 23.5. The highest BCUT2D eigenvalue weighted by molar-refractivity contribution is 7.89. The van der Waals surface area contributed by atoms with Crippen LogP contribution in [0.2, 0.25) is 0 Å². The Morgan fingerprint density at radius 3 is 2.56 bits per heavy atom. The van der Waals surface area contributed by atoms with Crippen LogP contribution in [0.4, 0.5) is 0 Å². The molecule has 1 amide bonds. The summed E-state index contributed by atoms with van der Waals surface area (Å²) in [4.78, 5) is 19.5. The van der Waals surface area contributed by atoms with Gasteiger partial charge in [-0.1, -0.05) is 27.7 Å². The number of aryl methyl sites for hydroxylation is 1. The Bertz CT molecular complexity index is 1160. The maximum absolute atomic E-state index is 13.6. The minimum absolute atomic E-state index is 0.106. The number of furan rings is 1. The lowest BCUT2D eigenvalue weighted by Gasteiger charge is -2.30. The van der Waals surface area contributed by atoms with Crippen LogP contribution in [-0.4, -0.2) is 41.4 Å². The number of aromatic nitrogens is 2. The summed E-state index contributed by atoms with van der Waals surface area (Å²) in [6.07, 6.45) is 5.32. The minimum atomic E-state index is -3.91. The average Bonchev–Trinajstić information content (AvgIpc) is 3.33. The fourth-order valence-corrected chi connectivity index (χ4v) is 4.90. The van der Waals surface area contributed by atoms with Crippen molar-refractivity contribution in [2.75, 3.05) is 6.54 Å². The third kappa shape index (κ3) is 5.77. The summed E-state index contributed by atoms with van der Waals surface area (Å²) in [5.74, 6) is 0.120. The summed E-state index contributed by atoms with van der Waals surface area (Å²) in [5.41, 5.74) is 1.49. The molecule has 0 saturated carbocycles. The van der Waals surface area contributed by atoms with Gasteiger partial charge < -0.3 is 13.9 Å². The van der Waals surface area contributed by atoms with Crippen molar-refractivity contribution in [3.63, 3.8) is 0 Å². The molecule has 3 rings (SSSR count). The monoisotopic (exact) mass is 460 g/mol. The maximum Gasteiger partial charge on any atom is 0.241 e. The van der Waals surface area contributed by atoms with Gasteiger partial charge in [0, 0.05) is 25.2 Å². The zero-order valence-corrected chi connectivity index (χ0v) is 20.1. The van der Waals surface area contributed by atoms with E-state index < -0.39 is 16.1 Å². The van der Waals surface area contributed by atoms with E-state index in [0.29, 0.717) is 30.5 Å². The molecule has 2 heterocycles. The van der Waals surface area contributed by atoms with Gasteiger partial charge in [0.15, 0.2) is 0 Å². The van der Waals surface area contributed by atoms with Gasteiger partial charge in [0.25, 0.3) is 0 Å². The topological polar surface area (TPSA) is 97.4 Å². The van der Waals surface area contributed by atoms with Crippen molar-refractivity contribution in [2.24, 2.45) is 18.9 Å². The number of sulfonamides is 1. The van der Waals surface area contributed by atoms with E-state index in [9.17, 15) is 13.2 Å². The Hall–Kier alpha value is -2.65. The summed E-state index contributed by atoms with van der Waals surface area (Å²) >= 11 is 0. The first-order valence-electron chi connectivity index (χ1n) is 10.8. The molecule has 174 valence electrons. The van der Waals surface area contributed by atoms with Crippen molar-refractivity contribution in [1.82, 2.24) is 19.2 Å². The molecule has 1 aromatic carbocycles. The predicted octanol–water partition coefficient (Wildman–Crippen LogP) is 3.54. The summed E-state index contributed by atoms with van der Waals surface area (Å²) in [7, 11) is -2.03. The third-order valence-corrected chi connectivity index (χ3v) is 6.67. The van der Waals surface area contributed by atoms with Gasteiger partial charge in [-0.3, -0.25) is 4.79 Å². The molecule has 8 nitrogen and oxygen atoms in total. The van der Waals surface area contributed by atoms with Crippen molar-refractivity contribution >= 4 is 26.9 Å². The standard InChI is InChI=1S/C23H32N4O4S/c1-16(2)10-21(23(28)27(13-17(3)4)14-19-12-24-15-26(19)5)25-32(29,30)20-6-7-22-18(11-20)8-9-31-22/h6-9,11-12,15-17,21,25H,10,13-14H2,1-5H3/t21-/m0/s1. The normalized spacial score (nSPS) is 13.2. The van der Waals surface area contributed by atoms with Crippen molar-refractivity contribution in [3.05, 3.63) is 48.7 Å². The van der Waals surface area contributed by atoms with Crippen LogP contribution in [0.15, 0.2) is 52.4 Å². The maximum atomic E-state index is 13.6. The van der Waals surface area contributed by atoms with Gasteiger partial charge in [0.05, 0.1) is 29.7 Å². The Balaban J connectivity index is 1.88. The van der Waals surface area contributed by atoms with Gasteiger partial charge in [-0.15, -0.1) is 0 Å². The van der Waals surface area contributed by atoms with E-state index in [2.05, 4.69) is 9.71 Å². The number of fused-ring (bicyclic) bond motifs is 1. The Kier molecular flexibility index (Phi) is 7.40. The van der Waals surface area contributed by atoms with Crippen molar-refractivity contribution in [2.45, 2.75) is 51.6 Å². The highest BCUT2D eigenvalue weighted by Crippen LogP contribution is 2.21. The van der Waals surface area contributed by atoms with Gasteiger partial charge in [-0.05, 0) is 42.5 Å². The van der Waals surface area contributed by atoms with Crippen LogP contribution in [0.3, 0.4) is 0 Å². The van der Waals surface area contributed by atoms with Gasteiger partial charge >= 0.3 is 0 Å². The molecule has 0 aliphatic carbocycles. The van der Waals surface area contributed by atoms with Crippen LogP contribution in [0.1, 0.15) is 39.8 Å². The molecule has 32 heavy (non-hydrogen) atoms. The molecule has 0 aliphatic heterocycles. The van der Waals surface area contributed by atoms with E-state index in [1.165, 1.54) is 12.3 Å². The lowest BCUT2D eigenvalue weighted by Crippen LogP contribution is -2.49. The van der Waals surface area contributed by atoms with Crippen LogP contribution < -0.4 is 4.72 Å². The van der Waals surface area contributed by atoms with E-state index >= 15 is 0 Å². The molecule has 0 saturated heterocycles. The van der Waals surface area contributed by atoms with E-state index in [1.54, 1.807) is 35.6 Å². The number of benzene rings is 1. The average molecular weight is 461 g/mol. The molecule has 0 aliphatic rings. The summed E-state index contributed by atoms with van der Waals surface area (Å²) < 4.78 is 36.2. The molecular weight excluding hydrogens is 428 g/mol. The molecule has 0 bridgehead atoms. The lowest BCUT2D eigenvalue weighted by atomic mass is 10.0. The Morgan fingerprint density at radius 2 is 1.94 bits per heavy atom. The fraction of sp³-hybridized carbons (Fsp3) is 0.478. The lowest BCUT2D eigenvalue weighted by molar-refractivity contribution is -0.134. The van der Waals surface area contributed by atoms with Gasteiger partial charge in [-0.2, -0.15) is 4.72 Å². The SMILES string of the molecule is CC(C)C[C@H](NS(=O)(=O)c1ccc2occc2c1)C(=O)N(Cc1cncn1C)CC(C)C. The number of nitrogens with zero attached hydrogens (tertiary/aromatic N) is 3. The highest BCUT2D eigenvalue weighted by atomic mass is 32.2. The first kappa shape index (κ1) is 24.0. The first-order valence-corrected chi connectivity index (χ1v) is 12.3. The molecule has 2 aromatic heterocycles. The van der Waals surface area contributed by atoms with Crippen molar-refractivity contribution in [3.8, 4) is 0 Å². The van der Waals surface area contributed by atoms with Crippen LogP contribution in [0, 0.1) is 11.8 Å². The quantitative estimate of drug-likeness (QED) is 0.499. The van der Waals surface area contributed by atoms with Crippen LogP contribution in [0.5, 0.6) is 0 Å². The summed E-state index contributed by atoms with van der Waals surface area (Å²) in [5, 5.41) is 0.692. The predicted molar refractivity (Wildman–Crippen MR) is 123 cm³/mol. The molecule has 1 N–H and O–H groups in total. The second-order valence-corrected chi connectivity index (χ2v) is 10.7.